The molecule has 0 unspecified atom stereocenters. The van der Waals surface area contributed by atoms with Gasteiger partial charge in [0, 0.05) is 12.6 Å². The molecule has 186 valence electrons. The number of carbonyl (C=O) groups excluding carboxylic acids is 1. The fourth-order valence-electron chi connectivity index (χ4n) is 3.73. The van der Waals surface area contributed by atoms with E-state index in [0.717, 1.165) is 26.1 Å². The number of nitro groups is 1. The lowest BCUT2D eigenvalue weighted by Crippen LogP contribution is -2.39. The number of hydrogen-bond acceptors (Lipinski definition) is 9. The van der Waals surface area contributed by atoms with Crippen LogP contribution in [0.4, 0.5) is 16.5 Å². The number of rotatable bonds is 9. The van der Waals surface area contributed by atoms with Crippen molar-refractivity contribution in [1.29, 1.82) is 0 Å². The Morgan fingerprint density at radius 1 is 1.24 bits per heavy atom. The van der Waals surface area contributed by atoms with Gasteiger partial charge in [0.1, 0.15) is 11.4 Å². The van der Waals surface area contributed by atoms with E-state index in [1.54, 1.807) is 27.7 Å². The molecule has 1 saturated heterocycles. The number of hydrogen-bond donors (Lipinski definition) is 0. The Balaban J connectivity index is 1.82. The summed E-state index contributed by atoms with van der Waals surface area (Å²) < 4.78 is 17.0. The first-order chi connectivity index (χ1) is 16.2. The van der Waals surface area contributed by atoms with Crippen LogP contribution in [-0.2, 0) is 4.74 Å². The molecule has 1 aromatic heterocycles. The lowest BCUT2D eigenvalue weighted by atomic mass is 10.1. The van der Waals surface area contributed by atoms with Crippen LogP contribution in [-0.4, -0.2) is 64.5 Å². The molecular formula is C23H33N5O6. The molecule has 0 bridgehead atoms. The van der Waals surface area contributed by atoms with Crippen LogP contribution in [0.3, 0.4) is 0 Å². The Hall–Kier alpha value is -3.21. The molecule has 0 saturated carbocycles. The minimum atomic E-state index is -0.689. The molecule has 1 amide bonds. The number of anilines is 1. The fourth-order valence-corrected chi connectivity index (χ4v) is 3.73. The van der Waals surface area contributed by atoms with Gasteiger partial charge >= 0.3 is 12.1 Å². The van der Waals surface area contributed by atoms with Crippen LogP contribution in [0.2, 0.25) is 0 Å². The average Bonchev–Trinajstić information content (AvgIpc) is 3.26. The Kier molecular flexibility index (Phi) is 8.43. The van der Waals surface area contributed by atoms with Gasteiger partial charge in [-0.25, -0.2) is 9.69 Å². The first-order valence-electron chi connectivity index (χ1n) is 11.7. The SMILES string of the molecule is CCOc1cc([N+](=O)[O-])ccc1-c1nnc(N(CCCN2CCCCC2)C(=O)OC(C)(C)C)o1. The van der Waals surface area contributed by atoms with E-state index in [-0.39, 0.29) is 23.3 Å². The van der Waals surface area contributed by atoms with E-state index in [0.29, 0.717) is 18.7 Å². The lowest BCUT2D eigenvalue weighted by molar-refractivity contribution is -0.384. The zero-order valence-corrected chi connectivity index (χ0v) is 20.3. The Morgan fingerprint density at radius 2 is 1.97 bits per heavy atom. The van der Waals surface area contributed by atoms with Gasteiger partial charge in [0.2, 0.25) is 0 Å². The zero-order chi connectivity index (χ0) is 24.7. The number of piperidine rings is 1. The van der Waals surface area contributed by atoms with E-state index in [2.05, 4.69) is 15.1 Å². The number of nitro benzene ring substituents is 1. The Morgan fingerprint density at radius 3 is 2.62 bits per heavy atom. The van der Waals surface area contributed by atoms with Crippen LogP contribution in [0.1, 0.15) is 53.4 Å². The van der Waals surface area contributed by atoms with Crippen LogP contribution >= 0.6 is 0 Å². The highest BCUT2D eigenvalue weighted by molar-refractivity contribution is 5.85. The predicted molar refractivity (Wildman–Crippen MR) is 126 cm³/mol. The Bertz CT molecular complexity index is 980. The van der Waals surface area contributed by atoms with Gasteiger partial charge in [0.05, 0.1) is 23.2 Å². The van der Waals surface area contributed by atoms with Crippen molar-refractivity contribution in [3.05, 3.63) is 28.3 Å². The van der Waals surface area contributed by atoms with E-state index < -0.39 is 16.6 Å². The van der Waals surface area contributed by atoms with E-state index >= 15 is 0 Å². The monoisotopic (exact) mass is 475 g/mol. The van der Waals surface area contributed by atoms with Crippen LogP contribution in [0.5, 0.6) is 5.75 Å². The topological polar surface area (TPSA) is 124 Å². The van der Waals surface area contributed by atoms with Crippen molar-refractivity contribution in [2.45, 2.75) is 59.0 Å². The second kappa shape index (κ2) is 11.3. The van der Waals surface area contributed by atoms with Crippen molar-refractivity contribution in [2.24, 2.45) is 0 Å². The molecular weight excluding hydrogens is 442 g/mol. The molecule has 3 rings (SSSR count). The highest BCUT2D eigenvalue weighted by Crippen LogP contribution is 2.34. The number of benzene rings is 1. The molecule has 2 aromatic rings. The van der Waals surface area contributed by atoms with Gasteiger partial charge in [0.25, 0.3) is 11.6 Å². The van der Waals surface area contributed by atoms with E-state index in [9.17, 15) is 14.9 Å². The number of non-ortho nitro benzene ring substituents is 1. The molecule has 0 aliphatic carbocycles. The molecule has 1 aliphatic rings. The number of likely N-dealkylation sites (tertiary alicyclic amines) is 1. The molecule has 2 heterocycles. The summed E-state index contributed by atoms with van der Waals surface area (Å²) in [7, 11) is 0. The number of aromatic nitrogens is 2. The standard InChI is InChI=1S/C23H33N5O6/c1-5-32-19-16-17(28(30)31)10-11-18(19)20-24-25-21(33-20)27(22(29)34-23(2,3)4)15-9-14-26-12-7-6-8-13-26/h10-11,16H,5-9,12-15H2,1-4H3. The summed E-state index contributed by atoms with van der Waals surface area (Å²) >= 11 is 0. The van der Waals surface area contributed by atoms with E-state index in [1.807, 2.05) is 0 Å². The maximum absolute atomic E-state index is 12.9. The predicted octanol–water partition coefficient (Wildman–Crippen LogP) is 4.66. The summed E-state index contributed by atoms with van der Waals surface area (Å²) in [5, 5.41) is 19.3. The third-order valence-electron chi connectivity index (χ3n) is 5.27. The quantitative estimate of drug-likeness (QED) is 0.376. The number of amides is 1. The maximum Gasteiger partial charge on any atom is 0.418 e. The minimum absolute atomic E-state index is 0.00342. The first kappa shape index (κ1) is 25.4. The summed E-state index contributed by atoms with van der Waals surface area (Å²) in [4.78, 5) is 27.3. The van der Waals surface area contributed by atoms with Gasteiger partial charge in [-0.1, -0.05) is 11.5 Å². The van der Waals surface area contributed by atoms with Crippen LogP contribution in [0.15, 0.2) is 22.6 Å². The van der Waals surface area contributed by atoms with E-state index in [4.69, 9.17) is 13.9 Å². The second-order valence-electron chi connectivity index (χ2n) is 9.15. The van der Waals surface area contributed by atoms with Crippen LogP contribution < -0.4 is 9.64 Å². The van der Waals surface area contributed by atoms with Crippen LogP contribution in [0.25, 0.3) is 11.5 Å². The van der Waals surface area contributed by atoms with Crippen molar-refractivity contribution in [3.8, 4) is 17.2 Å². The van der Waals surface area contributed by atoms with E-state index in [1.165, 1.54) is 42.4 Å². The fraction of sp³-hybridized carbons (Fsp3) is 0.609. The molecule has 0 spiro atoms. The van der Waals surface area contributed by atoms with Gasteiger partial charge < -0.3 is 18.8 Å². The smallest absolute Gasteiger partial charge is 0.418 e. The molecule has 34 heavy (non-hydrogen) atoms. The van der Waals surface area contributed by atoms with Crippen LogP contribution in [0, 0.1) is 10.1 Å². The summed E-state index contributed by atoms with van der Waals surface area (Å²) in [5.74, 6) is 0.346. The minimum Gasteiger partial charge on any atom is -0.493 e. The Labute approximate surface area is 199 Å². The summed E-state index contributed by atoms with van der Waals surface area (Å²) in [6.45, 7) is 10.8. The van der Waals surface area contributed by atoms with Gasteiger partial charge in [-0.05, 0) is 72.7 Å². The number of carbonyl (C=O) groups is 1. The zero-order valence-electron chi connectivity index (χ0n) is 20.3. The molecule has 1 aromatic carbocycles. The lowest BCUT2D eigenvalue weighted by Gasteiger charge is -2.28. The van der Waals surface area contributed by atoms with Gasteiger partial charge in [0.15, 0.2) is 0 Å². The molecule has 0 atom stereocenters. The van der Waals surface area contributed by atoms with Crippen molar-refractivity contribution in [3.63, 3.8) is 0 Å². The molecule has 1 aliphatic heterocycles. The highest BCUT2D eigenvalue weighted by Gasteiger charge is 2.28. The normalized spacial score (nSPS) is 14.6. The summed E-state index contributed by atoms with van der Waals surface area (Å²) in [6, 6.07) is 4.15. The first-order valence-corrected chi connectivity index (χ1v) is 11.7. The summed E-state index contributed by atoms with van der Waals surface area (Å²) in [6.07, 6.45) is 3.80. The van der Waals surface area contributed by atoms with Crippen molar-refractivity contribution >= 4 is 17.8 Å². The second-order valence-corrected chi connectivity index (χ2v) is 9.15. The third kappa shape index (κ3) is 6.89. The third-order valence-corrected chi connectivity index (χ3v) is 5.27. The van der Waals surface area contributed by atoms with Gasteiger partial charge in [-0.3, -0.25) is 10.1 Å². The average molecular weight is 476 g/mol. The number of nitrogens with zero attached hydrogens (tertiary/aromatic N) is 5. The molecule has 0 radical (unpaired) electrons. The summed E-state index contributed by atoms with van der Waals surface area (Å²) in [5.41, 5.74) is -0.394. The highest BCUT2D eigenvalue weighted by atomic mass is 16.6. The molecule has 0 N–H and O–H groups in total. The molecule has 11 heteroatoms. The van der Waals surface area contributed by atoms with Crippen molar-refractivity contribution in [1.82, 2.24) is 15.1 Å². The van der Waals surface area contributed by atoms with Gasteiger partial charge in [-0.15, -0.1) is 5.10 Å². The largest absolute Gasteiger partial charge is 0.493 e. The molecule has 1 fully saturated rings. The van der Waals surface area contributed by atoms with Crippen molar-refractivity contribution < 1.29 is 23.6 Å². The number of ether oxygens (including phenoxy) is 2. The maximum atomic E-state index is 12.9. The van der Waals surface area contributed by atoms with Crippen molar-refractivity contribution in [2.75, 3.05) is 37.7 Å². The molecule has 11 nitrogen and oxygen atoms in total. The van der Waals surface area contributed by atoms with Gasteiger partial charge in [-0.2, -0.15) is 0 Å².